The van der Waals surface area contributed by atoms with Crippen molar-refractivity contribution in [3.8, 4) is 11.5 Å². The highest BCUT2D eigenvalue weighted by atomic mass is 16.6. The smallest absolute Gasteiger partial charge is 0.408 e. The van der Waals surface area contributed by atoms with Crippen LogP contribution in [0.3, 0.4) is 0 Å². The number of alkyl carbamates (subject to hydrolysis) is 1. The Morgan fingerprint density at radius 1 is 1.23 bits per heavy atom. The van der Waals surface area contributed by atoms with Crippen LogP contribution >= 0.6 is 0 Å². The Hall–Kier alpha value is -2.48. The summed E-state index contributed by atoms with van der Waals surface area (Å²) in [7, 11) is 1.55. The van der Waals surface area contributed by atoms with Gasteiger partial charge in [-0.1, -0.05) is 13.0 Å². The lowest BCUT2D eigenvalue weighted by Gasteiger charge is -2.30. The van der Waals surface area contributed by atoms with Crippen LogP contribution in [0.15, 0.2) is 18.2 Å². The second-order valence-corrected chi connectivity index (χ2v) is 9.10. The van der Waals surface area contributed by atoms with Crippen molar-refractivity contribution >= 4 is 12.1 Å². The summed E-state index contributed by atoms with van der Waals surface area (Å²) in [5.74, 6) is 0.806. The van der Waals surface area contributed by atoms with Gasteiger partial charge in [0.15, 0.2) is 11.5 Å². The number of piperidine rings is 1. The fourth-order valence-electron chi connectivity index (χ4n) is 3.41. The molecule has 174 valence electrons. The van der Waals surface area contributed by atoms with Gasteiger partial charge in [-0.25, -0.2) is 9.59 Å². The van der Waals surface area contributed by atoms with Gasteiger partial charge < -0.3 is 24.6 Å². The third kappa shape index (κ3) is 8.65. The molecule has 1 heterocycles. The van der Waals surface area contributed by atoms with Gasteiger partial charge in [-0.3, -0.25) is 4.90 Å². The van der Waals surface area contributed by atoms with Crippen molar-refractivity contribution in [2.24, 2.45) is 5.92 Å². The van der Waals surface area contributed by atoms with Crippen molar-refractivity contribution < 1.29 is 28.9 Å². The molecule has 2 N–H and O–H groups in total. The Bertz CT molecular complexity index is 738. The molecule has 2 rings (SSSR count). The molecule has 1 aromatic rings. The average Bonchev–Trinajstić information content (AvgIpc) is 2.68. The summed E-state index contributed by atoms with van der Waals surface area (Å²) < 4.78 is 16.5. The van der Waals surface area contributed by atoms with Crippen molar-refractivity contribution in [1.82, 2.24) is 10.2 Å². The number of carbonyl (C=O) groups excluding carboxylic acids is 1. The molecule has 1 aliphatic heterocycles. The third-order valence-corrected chi connectivity index (χ3v) is 5.20. The van der Waals surface area contributed by atoms with Crippen LogP contribution in [0.4, 0.5) is 4.79 Å². The van der Waals surface area contributed by atoms with E-state index in [-0.39, 0.29) is 6.42 Å². The van der Waals surface area contributed by atoms with Gasteiger partial charge in [0.1, 0.15) is 18.2 Å². The minimum atomic E-state index is -1.14. The Balaban J connectivity index is 1.94. The predicted octanol–water partition coefficient (Wildman–Crippen LogP) is 3.33. The standard InChI is InChI=1S/C23H36N2O6/c1-16-8-10-25(11-9-16)12-13-30-19-7-6-17(15-20(19)29-5)14-18(21(26)27)24-22(28)31-23(2,3)4/h6-7,15-16,18H,8-14H2,1-5H3,(H,24,28)(H,26,27). The zero-order valence-corrected chi connectivity index (χ0v) is 19.3. The fourth-order valence-corrected chi connectivity index (χ4v) is 3.41. The van der Waals surface area contributed by atoms with Gasteiger partial charge in [-0.15, -0.1) is 0 Å². The van der Waals surface area contributed by atoms with Gasteiger partial charge in [0, 0.05) is 13.0 Å². The Labute approximate surface area is 184 Å². The first kappa shape index (κ1) is 24.8. The largest absolute Gasteiger partial charge is 0.493 e. The number of aliphatic carboxylic acids is 1. The van der Waals surface area contributed by atoms with E-state index in [4.69, 9.17) is 14.2 Å². The van der Waals surface area contributed by atoms with Gasteiger partial charge in [-0.2, -0.15) is 0 Å². The molecule has 1 saturated heterocycles. The topological polar surface area (TPSA) is 97.3 Å². The van der Waals surface area contributed by atoms with Gasteiger partial charge in [0.25, 0.3) is 0 Å². The lowest BCUT2D eigenvalue weighted by molar-refractivity contribution is -0.139. The summed E-state index contributed by atoms with van der Waals surface area (Å²) in [6.45, 7) is 11.1. The van der Waals surface area contributed by atoms with E-state index in [2.05, 4.69) is 17.1 Å². The third-order valence-electron chi connectivity index (χ3n) is 5.20. The zero-order valence-electron chi connectivity index (χ0n) is 19.3. The van der Waals surface area contributed by atoms with Crippen LogP contribution in [-0.2, 0) is 16.0 Å². The van der Waals surface area contributed by atoms with E-state index < -0.39 is 23.7 Å². The van der Waals surface area contributed by atoms with Crippen molar-refractivity contribution in [3.63, 3.8) is 0 Å². The van der Waals surface area contributed by atoms with Crippen molar-refractivity contribution in [1.29, 1.82) is 0 Å². The van der Waals surface area contributed by atoms with E-state index in [0.29, 0.717) is 23.7 Å². The molecule has 1 fully saturated rings. The number of nitrogens with zero attached hydrogens (tertiary/aromatic N) is 1. The molecule has 8 heteroatoms. The summed E-state index contributed by atoms with van der Waals surface area (Å²) in [4.78, 5) is 26.0. The Morgan fingerprint density at radius 2 is 1.90 bits per heavy atom. The van der Waals surface area contributed by atoms with Crippen molar-refractivity contribution in [2.45, 2.75) is 58.6 Å². The summed E-state index contributed by atoms with van der Waals surface area (Å²) in [5.41, 5.74) is -0.000376. The van der Waals surface area contributed by atoms with Gasteiger partial charge >= 0.3 is 12.1 Å². The van der Waals surface area contributed by atoms with Gasteiger partial charge in [0.2, 0.25) is 0 Å². The molecule has 1 atom stereocenters. The lowest BCUT2D eigenvalue weighted by Crippen LogP contribution is -2.44. The molecule has 0 saturated carbocycles. The second-order valence-electron chi connectivity index (χ2n) is 9.10. The number of carboxylic acids is 1. The molecule has 8 nitrogen and oxygen atoms in total. The molecule has 0 bridgehead atoms. The molecule has 0 spiro atoms. The van der Waals surface area contributed by atoms with E-state index in [1.54, 1.807) is 46.1 Å². The molecule has 31 heavy (non-hydrogen) atoms. The van der Waals surface area contributed by atoms with E-state index >= 15 is 0 Å². The van der Waals surface area contributed by atoms with E-state index in [9.17, 15) is 14.7 Å². The average molecular weight is 437 g/mol. The number of amides is 1. The van der Waals surface area contributed by atoms with E-state index in [1.807, 2.05) is 0 Å². The maximum atomic E-state index is 12.0. The first-order valence-corrected chi connectivity index (χ1v) is 10.8. The number of carboxylic acid groups (broad SMARTS) is 1. The van der Waals surface area contributed by atoms with Crippen LogP contribution in [-0.4, -0.2) is 67.1 Å². The lowest BCUT2D eigenvalue weighted by atomic mass is 9.99. The van der Waals surface area contributed by atoms with Crippen LogP contribution in [0.25, 0.3) is 0 Å². The van der Waals surface area contributed by atoms with Crippen molar-refractivity contribution in [3.05, 3.63) is 23.8 Å². The summed E-state index contributed by atoms with van der Waals surface area (Å²) >= 11 is 0. The molecule has 0 aliphatic carbocycles. The van der Waals surface area contributed by atoms with Crippen LogP contribution < -0.4 is 14.8 Å². The first-order chi connectivity index (χ1) is 14.6. The maximum absolute atomic E-state index is 12.0. The predicted molar refractivity (Wildman–Crippen MR) is 118 cm³/mol. The number of rotatable bonds is 9. The molecule has 1 aliphatic rings. The normalized spacial score (nSPS) is 16.4. The maximum Gasteiger partial charge on any atom is 0.408 e. The Kier molecular flexibility index (Phi) is 8.98. The summed E-state index contributed by atoms with van der Waals surface area (Å²) in [6.07, 6.45) is 1.77. The molecule has 1 aromatic carbocycles. The first-order valence-electron chi connectivity index (χ1n) is 10.8. The number of benzene rings is 1. The fraction of sp³-hybridized carbons (Fsp3) is 0.652. The molecular weight excluding hydrogens is 400 g/mol. The van der Waals surface area contributed by atoms with E-state index in [0.717, 1.165) is 25.6 Å². The summed E-state index contributed by atoms with van der Waals surface area (Å²) in [5, 5.41) is 11.9. The highest BCUT2D eigenvalue weighted by molar-refractivity contribution is 5.80. The minimum absolute atomic E-state index is 0.0944. The molecule has 1 unspecified atom stereocenters. The van der Waals surface area contributed by atoms with Crippen LogP contribution in [0.2, 0.25) is 0 Å². The monoisotopic (exact) mass is 436 g/mol. The van der Waals surface area contributed by atoms with Gasteiger partial charge in [-0.05, 0) is 70.3 Å². The van der Waals surface area contributed by atoms with Gasteiger partial charge in [0.05, 0.1) is 7.11 Å². The Morgan fingerprint density at radius 3 is 2.48 bits per heavy atom. The molecule has 1 amide bonds. The highest BCUT2D eigenvalue weighted by Gasteiger charge is 2.24. The number of methoxy groups -OCH3 is 1. The zero-order chi connectivity index (χ0) is 23.0. The van der Waals surface area contributed by atoms with Crippen LogP contribution in [0, 0.1) is 5.92 Å². The van der Waals surface area contributed by atoms with Crippen LogP contribution in [0.5, 0.6) is 11.5 Å². The summed E-state index contributed by atoms with van der Waals surface area (Å²) in [6, 6.07) is 4.18. The molecule has 0 radical (unpaired) electrons. The number of ether oxygens (including phenoxy) is 3. The number of carbonyl (C=O) groups is 2. The van der Waals surface area contributed by atoms with Crippen LogP contribution in [0.1, 0.15) is 46.1 Å². The minimum Gasteiger partial charge on any atom is -0.493 e. The number of hydrogen-bond donors (Lipinski definition) is 2. The quantitative estimate of drug-likeness (QED) is 0.613. The number of nitrogens with one attached hydrogen (secondary N) is 1. The highest BCUT2D eigenvalue weighted by Crippen LogP contribution is 2.29. The van der Waals surface area contributed by atoms with Crippen molar-refractivity contribution in [2.75, 3.05) is 33.4 Å². The SMILES string of the molecule is COc1cc(CC(NC(=O)OC(C)(C)C)C(=O)O)ccc1OCCN1CCC(C)CC1. The second kappa shape index (κ2) is 11.2. The number of hydrogen-bond acceptors (Lipinski definition) is 6. The molecule has 0 aromatic heterocycles. The molecular formula is C23H36N2O6. The number of likely N-dealkylation sites (tertiary alicyclic amines) is 1. The van der Waals surface area contributed by atoms with E-state index in [1.165, 1.54) is 12.8 Å².